The summed E-state index contributed by atoms with van der Waals surface area (Å²) in [5.74, 6) is -0.346. The van der Waals surface area contributed by atoms with E-state index in [-0.39, 0.29) is 17.2 Å². The van der Waals surface area contributed by atoms with Crippen LogP contribution < -0.4 is 10.9 Å². The summed E-state index contributed by atoms with van der Waals surface area (Å²) in [6, 6.07) is 6.85. The van der Waals surface area contributed by atoms with Crippen LogP contribution in [0.4, 0.5) is 0 Å². The Hall–Kier alpha value is -2.47. The van der Waals surface area contributed by atoms with Crippen LogP contribution in [0.1, 0.15) is 17.4 Å². The highest BCUT2D eigenvalue weighted by Gasteiger charge is 2.13. The van der Waals surface area contributed by atoms with Gasteiger partial charge in [0, 0.05) is 11.9 Å². The van der Waals surface area contributed by atoms with Crippen LogP contribution in [0.15, 0.2) is 41.2 Å². The van der Waals surface area contributed by atoms with Crippen LogP contribution >= 0.6 is 0 Å². The number of aromatic nitrogens is 2. The molecule has 2 rings (SSSR count). The summed E-state index contributed by atoms with van der Waals surface area (Å²) in [5.41, 5.74) is 0.812. The Balaban J connectivity index is 2.05. The molecule has 0 saturated carbocycles. The molecule has 6 heteroatoms. The molecule has 0 radical (unpaired) electrons. The smallest absolute Gasteiger partial charge is 0.272 e. The summed E-state index contributed by atoms with van der Waals surface area (Å²) < 4.78 is 5.30. The second-order valence-electron chi connectivity index (χ2n) is 4.71. The average Bonchev–Trinajstić information content (AvgIpc) is 2.47. The molecule has 0 aliphatic heterocycles. The van der Waals surface area contributed by atoms with Crippen LogP contribution in [-0.4, -0.2) is 35.9 Å². The molecule has 0 bridgehead atoms. The number of amides is 1. The zero-order chi connectivity index (χ0) is 15.2. The predicted octanol–water partition coefficient (Wildman–Crippen LogP) is 1.25. The maximum atomic E-state index is 12.1. The molecule has 1 aromatic heterocycles. The third-order valence-corrected chi connectivity index (χ3v) is 2.79. The second-order valence-corrected chi connectivity index (χ2v) is 4.71. The van der Waals surface area contributed by atoms with E-state index in [9.17, 15) is 9.59 Å². The zero-order valence-corrected chi connectivity index (χ0v) is 11.8. The maximum absolute atomic E-state index is 12.1. The molecule has 0 aliphatic carbocycles. The standard InChI is InChI=1S/C15H17N3O3/c1-10(2)9-21-8-7-16-15(20)13-11-5-3-4-6-12(11)14(19)18-17-13/h3-6H,1,7-9H2,2H3,(H,16,20)(H,18,19). The highest BCUT2D eigenvalue weighted by molar-refractivity contribution is 6.04. The van der Waals surface area contributed by atoms with Crippen LogP contribution in [0, 0.1) is 0 Å². The first-order chi connectivity index (χ1) is 10.1. The van der Waals surface area contributed by atoms with Crippen molar-refractivity contribution in [2.75, 3.05) is 19.8 Å². The number of rotatable bonds is 6. The molecular weight excluding hydrogens is 270 g/mol. The normalized spacial score (nSPS) is 10.5. The van der Waals surface area contributed by atoms with Gasteiger partial charge in [0.2, 0.25) is 0 Å². The van der Waals surface area contributed by atoms with Crippen LogP contribution in [0.5, 0.6) is 0 Å². The molecule has 0 unspecified atom stereocenters. The topological polar surface area (TPSA) is 84.1 Å². The third-order valence-electron chi connectivity index (χ3n) is 2.79. The summed E-state index contributed by atoms with van der Waals surface area (Å²) >= 11 is 0. The molecule has 0 atom stereocenters. The molecule has 21 heavy (non-hydrogen) atoms. The number of nitrogens with zero attached hydrogens (tertiary/aromatic N) is 1. The SMILES string of the molecule is C=C(C)COCCNC(=O)c1n[nH]c(=O)c2ccccc12. The molecule has 1 amide bonds. The molecule has 0 saturated heterocycles. The van der Waals surface area contributed by atoms with E-state index in [0.29, 0.717) is 30.5 Å². The second kappa shape index (κ2) is 6.81. The maximum Gasteiger partial charge on any atom is 0.272 e. The van der Waals surface area contributed by atoms with Crippen molar-refractivity contribution in [1.29, 1.82) is 0 Å². The quantitative estimate of drug-likeness (QED) is 0.618. The number of fused-ring (bicyclic) bond motifs is 1. The van der Waals surface area contributed by atoms with E-state index in [0.717, 1.165) is 5.57 Å². The van der Waals surface area contributed by atoms with Crippen LogP contribution in [0.25, 0.3) is 10.8 Å². The molecule has 2 N–H and O–H groups in total. The predicted molar refractivity (Wildman–Crippen MR) is 80.3 cm³/mol. The number of carbonyl (C=O) groups excluding carboxylic acids is 1. The summed E-state index contributed by atoms with van der Waals surface area (Å²) in [5, 5.41) is 9.84. The van der Waals surface area contributed by atoms with Gasteiger partial charge in [-0.15, -0.1) is 0 Å². The van der Waals surface area contributed by atoms with Crippen LogP contribution in [-0.2, 0) is 4.74 Å². The number of hydrogen-bond donors (Lipinski definition) is 2. The highest BCUT2D eigenvalue weighted by Crippen LogP contribution is 2.11. The first-order valence-electron chi connectivity index (χ1n) is 6.57. The summed E-state index contributed by atoms with van der Waals surface area (Å²) in [4.78, 5) is 23.7. The van der Waals surface area contributed by atoms with Gasteiger partial charge in [-0.2, -0.15) is 5.10 Å². The van der Waals surface area contributed by atoms with Gasteiger partial charge in [0.15, 0.2) is 5.69 Å². The Labute approximate surface area is 121 Å². The van der Waals surface area contributed by atoms with Crippen LogP contribution in [0.3, 0.4) is 0 Å². The number of nitrogens with one attached hydrogen (secondary N) is 2. The Morgan fingerprint density at radius 2 is 2.10 bits per heavy atom. The number of carbonyl (C=O) groups is 1. The van der Waals surface area contributed by atoms with E-state index in [1.165, 1.54) is 0 Å². The molecule has 1 aromatic carbocycles. The minimum absolute atomic E-state index is 0.199. The minimum Gasteiger partial charge on any atom is -0.375 e. The lowest BCUT2D eigenvalue weighted by Crippen LogP contribution is -2.29. The Kier molecular flexibility index (Phi) is 4.84. The van der Waals surface area contributed by atoms with Crippen molar-refractivity contribution in [2.45, 2.75) is 6.92 Å². The Bertz CT molecular complexity index is 721. The fourth-order valence-corrected chi connectivity index (χ4v) is 1.85. The van der Waals surface area contributed by atoms with Crippen LogP contribution in [0.2, 0.25) is 0 Å². The third kappa shape index (κ3) is 3.76. The van der Waals surface area contributed by atoms with Gasteiger partial charge in [-0.25, -0.2) is 5.10 Å². The number of aromatic amines is 1. The molecule has 0 aliphatic rings. The lowest BCUT2D eigenvalue weighted by molar-refractivity contribution is 0.0922. The van der Waals surface area contributed by atoms with Gasteiger partial charge in [-0.05, 0) is 13.0 Å². The molecule has 2 aromatic rings. The number of ether oxygens (including phenoxy) is 1. The van der Waals surface area contributed by atoms with Crippen molar-refractivity contribution in [1.82, 2.24) is 15.5 Å². The van der Waals surface area contributed by atoms with Crippen molar-refractivity contribution < 1.29 is 9.53 Å². The van der Waals surface area contributed by atoms with Gasteiger partial charge in [0.05, 0.1) is 18.6 Å². The van der Waals surface area contributed by atoms with Gasteiger partial charge >= 0.3 is 0 Å². The van der Waals surface area contributed by atoms with Crippen molar-refractivity contribution in [2.24, 2.45) is 0 Å². The van der Waals surface area contributed by atoms with Crippen molar-refractivity contribution in [3.8, 4) is 0 Å². The zero-order valence-electron chi connectivity index (χ0n) is 11.8. The lowest BCUT2D eigenvalue weighted by Gasteiger charge is -2.07. The van der Waals surface area contributed by atoms with E-state index in [1.807, 2.05) is 6.92 Å². The Morgan fingerprint density at radius 1 is 1.38 bits per heavy atom. The van der Waals surface area contributed by atoms with E-state index in [4.69, 9.17) is 4.74 Å². The van der Waals surface area contributed by atoms with E-state index < -0.39 is 0 Å². The average molecular weight is 287 g/mol. The first-order valence-corrected chi connectivity index (χ1v) is 6.57. The van der Waals surface area contributed by atoms with Gasteiger partial charge in [-0.3, -0.25) is 9.59 Å². The van der Waals surface area contributed by atoms with Crippen molar-refractivity contribution >= 4 is 16.7 Å². The number of benzene rings is 1. The van der Waals surface area contributed by atoms with Gasteiger partial charge < -0.3 is 10.1 Å². The molecular formula is C15H17N3O3. The highest BCUT2D eigenvalue weighted by atomic mass is 16.5. The molecule has 0 fully saturated rings. The van der Waals surface area contributed by atoms with Crippen molar-refractivity contribution in [3.05, 3.63) is 52.5 Å². The van der Waals surface area contributed by atoms with Gasteiger partial charge in [0.1, 0.15) is 0 Å². The van der Waals surface area contributed by atoms with Crippen molar-refractivity contribution in [3.63, 3.8) is 0 Å². The first kappa shape index (κ1) is 14.9. The number of hydrogen-bond acceptors (Lipinski definition) is 4. The molecule has 1 heterocycles. The molecule has 0 spiro atoms. The molecule has 6 nitrogen and oxygen atoms in total. The fraction of sp³-hybridized carbons (Fsp3) is 0.267. The number of H-pyrrole nitrogens is 1. The van der Waals surface area contributed by atoms with E-state index in [2.05, 4.69) is 22.1 Å². The molecule has 110 valence electrons. The Morgan fingerprint density at radius 3 is 2.81 bits per heavy atom. The summed E-state index contributed by atoms with van der Waals surface area (Å²) in [7, 11) is 0. The van der Waals surface area contributed by atoms with Gasteiger partial charge in [-0.1, -0.05) is 30.4 Å². The largest absolute Gasteiger partial charge is 0.375 e. The lowest BCUT2D eigenvalue weighted by atomic mass is 10.1. The summed E-state index contributed by atoms with van der Waals surface area (Å²) in [6.07, 6.45) is 0. The van der Waals surface area contributed by atoms with E-state index in [1.54, 1.807) is 24.3 Å². The summed E-state index contributed by atoms with van der Waals surface area (Å²) in [6.45, 7) is 6.81. The van der Waals surface area contributed by atoms with E-state index >= 15 is 0 Å². The van der Waals surface area contributed by atoms with Gasteiger partial charge in [0.25, 0.3) is 11.5 Å². The fourth-order valence-electron chi connectivity index (χ4n) is 1.85. The minimum atomic E-state index is -0.346. The monoisotopic (exact) mass is 287 g/mol.